The summed E-state index contributed by atoms with van der Waals surface area (Å²) in [6.07, 6.45) is -0.882. The maximum atomic E-state index is 12.8. The number of benzene rings is 1. The van der Waals surface area contributed by atoms with Gasteiger partial charge in [-0.15, -0.1) is 6.58 Å². The molecule has 0 aliphatic carbocycles. The van der Waals surface area contributed by atoms with Crippen molar-refractivity contribution in [2.45, 2.75) is 31.6 Å². The summed E-state index contributed by atoms with van der Waals surface area (Å²) in [5, 5.41) is 2.76. The normalized spacial score (nSPS) is 16.7. The molecule has 1 amide bonds. The first-order chi connectivity index (χ1) is 12.3. The SMILES string of the molecule is C=CCNC(=O)CN1CCC(N(C)Cc2cccc(C(F)(F)F)c2)CC1. The summed E-state index contributed by atoms with van der Waals surface area (Å²) in [5.41, 5.74) is 0.0531. The van der Waals surface area contributed by atoms with Crippen LogP contribution in [0.4, 0.5) is 13.2 Å². The fraction of sp³-hybridized carbons (Fsp3) is 0.526. The van der Waals surface area contributed by atoms with Crippen LogP contribution in [0.2, 0.25) is 0 Å². The summed E-state index contributed by atoms with van der Waals surface area (Å²) in [6.45, 7) is 6.50. The highest BCUT2D eigenvalue weighted by Crippen LogP contribution is 2.30. The largest absolute Gasteiger partial charge is 0.416 e. The molecule has 0 bridgehead atoms. The lowest BCUT2D eigenvalue weighted by molar-refractivity contribution is -0.137. The number of nitrogens with one attached hydrogen (secondary N) is 1. The number of nitrogens with zero attached hydrogens (tertiary/aromatic N) is 2. The van der Waals surface area contributed by atoms with Crippen molar-refractivity contribution in [2.24, 2.45) is 0 Å². The van der Waals surface area contributed by atoms with Crippen molar-refractivity contribution < 1.29 is 18.0 Å². The molecule has 1 saturated heterocycles. The van der Waals surface area contributed by atoms with E-state index in [0.29, 0.717) is 31.2 Å². The molecule has 0 atom stereocenters. The zero-order chi connectivity index (χ0) is 19.2. The number of carbonyl (C=O) groups excluding carboxylic acids is 1. The second-order valence-electron chi connectivity index (χ2n) is 6.71. The van der Waals surface area contributed by atoms with Gasteiger partial charge in [0.2, 0.25) is 5.91 Å². The van der Waals surface area contributed by atoms with Gasteiger partial charge in [-0.1, -0.05) is 24.3 Å². The van der Waals surface area contributed by atoms with E-state index in [4.69, 9.17) is 0 Å². The average molecular weight is 369 g/mol. The van der Waals surface area contributed by atoms with Gasteiger partial charge in [0.15, 0.2) is 0 Å². The molecule has 0 unspecified atom stereocenters. The third-order valence-electron chi connectivity index (χ3n) is 4.68. The first kappa shape index (κ1) is 20.5. The summed E-state index contributed by atoms with van der Waals surface area (Å²) in [6, 6.07) is 5.80. The number of carbonyl (C=O) groups is 1. The van der Waals surface area contributed by atoms with Crippen LogP contribution in [0.5, 0.6) is 0 Å². The molecular weight excluding hydrogens is 343 g/mol. The number of likely N-dealkylation sites (tertiary alicyclic amines) is 1. The van der Waals surface area contributed by atoms with E-state index in [9.17, 15) is 18.0 Å². The van der Waals surface area contributed by atoms with E-state index in [-0.39, 0.29) is 5.91 Å². The molecule has 7 heteroatoms. The molecule has 1 fully saturated rings. The molecule has 1 aromatic carbocycles. The van der Waals surface area contributed by atoms with Gasteiger partial charge in [0, 0.05) is 32.2 Å². The Bertz CT molecular complexity index is 610. The molecule has 1 N–H and O–H groups in total. The summed E-state index contributed by atoms with van der Waals surface area (Å²) >= 11 is 0. The van der Waals surface area contributed by atoms with Crippen molar-refractivity contribution in [3.05, 3.63) is 48.0 Å². The second kappa shape index (κ2) is 9.19. The van der Waals surface area contributed by atoms with Crippen LogP contribution in [0.3, 0.4) is 0 Å². The van der Waals surface area contributed by atoms with Crippen LogP contribution >= 0.6 is 0 Å². The van der Waals surface area contributed by atoms with Gasteiger partial charge in [-0.3, -0.25) is 14.6 Å². The van der Waals surface area contributed by atoms with Crippen molar-refractivity contribution in [3.63, 3.8) is 0 Å². The molecule has 1 aliphatic rings. The van der Waals surface area contributed by atoms with Gasteiger partial charge in [-0.05, 0) is 31.5 Å². The van der Waals surface area contributed by atoms with E-state index in [2.05, 4.69) is 21.7 Å². The average Bonchev–Trinajstić information content (AvgIpc) is 2.60. The number of piperidine rings is 1. The van der Waals surface area contributed by atoms with Crippen LogP contribution in [0.25, 0.3) is 0 Å². The smallest absolute Gasteiger partial charge is 0.352 e. The maximum absolute atomic E-state index is 12.8. The van der Waals surface area contributed by atoms with Crippen molar-refractivity contribution >= 4 is 5.91 Å². The molecule has 1 aromatic rings. The van der Waals surface area contributed by atoms with Gasteiger partial charge >= 0.3 is 6.18 Å². The van der Waals surface area contributed by atoms with Crippen LogP contribution in [0.15, 0.2) is 36.9 Å². The van der Waals surface area contributed by atoms with E-state index in [1.165, 1.54) is 12.1 Å². The highest BCUT2D eigenvalue weighted by atomic mass is 19.4. The fourth-order valence-electron chi connectivity index (χ4n) is 3.23. The first-order valence-electron chi connectivity index (χ1n) is 8.76. The summed E-state index contributed by atoms with van der Waals surface area (Å²) in [4.78, 5) is 15.9. The Hall–Kier alpha value is -1.86. The number of halogens is 3. The Morgan fingerprint density at radius 2 is 2.08 bits per heavy atom. The Balaban J connectivity index is 1.82. The van der Waals surface area contributed by atoms with Crippen LogP contribution in [0, 0.1) is 0 Å². The van der Waals surface area contributed by atoms with Crippen molar-refractivity contribution in [2.75, 3.05) is 33.2 Å². The molecule has 0 saturated carbocycles. The van der Waals surface area contributed by atoms with Crippen LogP contribution in [0.1, 0.15) is 24.0 Å². The minimum Gasteiger partial charge on any atom is -0.352 e. The molecule has 2 rings (SSSR count). The Labute approximate surface area is 152 Å². The zero-order valence-electron chi connectivity index (χ0n) is 15.1. The molecule has 4 nitrogen and oxygen atoms in total. The van der Waals surface area contributed by atoms with Crippen LogP contribution in [-0.2, 0) is 17.5 Å². The van der Waals surface area contributed by atoms with E-state index in [1.54, 1.807) is 12.1 Å². The van der Waals surface area contributed by atoms with Gasteiger partial charge < -0.3 is 5.32 Å². The molecule has 144 valence electrons. The van der Waals surface area contributed by atoms with E-state index in [0.717, 1.165) is 32.0 Å². The maximum Gasteiger partial charge on any atom is 0.416 e. The third-order valence-corrected chi connectivity index (χ3v) is 4.68. The van der Waals surface area contributed by atoms with E-state index in [1.807, 2.05) is 7.05 Å². The predicted molar refractivity (Wildman–Crippen MR) is 95.6 cm³/mol. The van der Waals surface area contributed by atoms with Gasteiger partial charge in [-0.25, -0.2) is 0 Å². The molecule has 1 heterocycles. The summed E-state index contributed by atoms with van der Waals surface area (Å²) in [7, 11) is 1.94. The minimum absolute atomic E-state index is 0.0133. The number of rotatable bonds is 7. The number of amides is 1. The summed E-state index contributed by atoms with van der Waals surface area (Å²) in [5.74, 6) is -0.0133. The Morgan fingerprint density at radius 3 is 2.69 bits per heavy atom. The molecule has 1 aliphatic heterocycles. The standard InChI is InChI=1S/C19H26F3N3O/c1-3-9-23-18(26)14-25-10-7-17(8-11-25)24(2)13-15-5-4-6-16(12-15)19(20,21)22/h3-6,12,17H,1,7-11,13-14H2,2H3,(H,23,26). The Kier molecular flexibility index (Phi) is 7.23. The van der Waals surface area contributed by atoms with Gasteiger partial charge in [-0.2, -0.15) is 13.2 Å². The molecule has 26 heavy (non-hydrogen) atoms. The fourth-order valence-corrected chi connectivity index (χ4v) is 3.23. The monoisotopic (exact) mass is 369 g/mol. The van der Waals surface area contributed by atoms with Crippen molar-refractivity contribution in [1.82, 2.24) is 15.1 Å². The molecule has 0 spiro atoms. The highest BCUT2D eigenvalue weighted by molar-refractivity contribution is 5.78. The van der Waals surface area contributed by atoms with Crippen molar-refractivity contribution in [3.8, 4) is 0 Å². The number of hydrogen-bond donors (Lipinski definition) is 1. The third kappa shape index (κ3) is 6.14. The minimum atomic E-state index is -4.31. The zero-order valence-corrected chi connectivity index (χ0v) is 15.1. The molecule has 0 radical (unpaired) electrons. The molecular formula is C19H26F3N3O. The van der Waals surface area contributed by atoms with E-state index < -0.39 is 11.7 Å². The quantitative estimate of drug-likeness (QED) is 0.751. The van der Waals surface area contributed by atoms with E-state index >= 15 is 0 Å². The summed E-state index contributed by atoms with van der Waals surface area (Å²) < 4.78 is 38.5. The van der Waals surface area contributed by atoms with Crippen LogP contribution < -0.4 is 5.32 Å². The second-order valence-corrected chi connectivity index (χ2v) is 6.71. The number of hydrogen-bond acceptors (Lipinski definition) is 3. The lowest BCUT2D eigenvalue weighted by Crippen LogP contribution is -2.46. The van der Waals surface area contributed by atoms with Crippen LogP contribution in [-0.4, -0.2) is 55.0 Å². The van der Waals surface area contributed by atoms with Gasteiger partial charge in [0.1, 0.15) is 0 Å². The van der Waals surface area contributed by atoms with Gasteiger partial charge in [0.25, 0.3) is 0 Å². The van der Waals surface area contributed by atoms with Crippen molar-refractivity contribution in [1.29, 1.82) is 0 Å². The topological polar surface area (TPSA) is 35.6 Å². The Morgan fingerprint density at radius 1 is 1.38 bits per heavy atom. The highest BCUT2D eigenvalue weighted by Gasteiger charge is 2.30. The predicted octanol–water partition coefficient (Wildman–Crippen LogP) is 2.90. The lowest BCUT2D eigenvalue weighted by atomic mass is 10.0. The van der Waals surface area contributed by atoms with Gasteiger partial charge in [0.05, 0.1) is 12.1 Å². The molecule has 0 aromatic heterocycles. The number of alkyl halides is 3. The first-order valence-corrected chi connectivity index (χ1v) is 8.76. The lowest BCUT2D eigenvalue weighted by Gasteiger charge is -2.36.